The predicted octanol–water partition coefficient (Wildman–Crippen LogP) is 2.01. The Balaban J connectivity index is 1.70. The molecule has 0 unspecified atom stereocenters. The number of phenols is 2. The van der Waals surface area contributed by atoms with Gasteiger partial charge in [0.1, 0.15) is 5.82 Å². The second-order valence-corrected chi connectivity index (χ2v) is 7.37. The van der Waals surface area contributed by atoms with Crippen molar-refractivity contribution in [3.63, 3.8) is 0 Å². The van der Waals surface area contributed by atoms with Gasteiger partial charge >= 0.3 is 0 Å². The van der Waals surface area contributed by atoms with Gasteiger partial charge in [-0.2, -0.15) is 0 Å². The smallest absolute Gasteiger partial charge is 0.203 e. The van der Waals surface area contributed by atoms with Crippen LogP contribution in [0, 0.1) is 5.82 Å². The zero-order valence-electron chi connectivity index (χ0n) is 15.7. The van der Waals surface area contributed by atoms with Crippen molar-refractivity contribution in [3.05, 3.63) is 30.1 Å². The van der Waals surface area contributed by atoms with E-state index in [0.29, 0.717) is 37.6 Å². The van der Waals surface area contributed by atoms with Crippen LogP contribution in [0.2, 0.25) is 0 Å². The zero-order chi connectivity index (χ0) is 20.3. The molecule has 5 rings (SSSR count). The first kappa shape index (κ1) is 18.0. The number of methoxy groups -OCH3 is 1. The number of halogens is 1. The molecule has 3 aromatic rings. The van der Waals surface area contributed by atoms with Crippen molar-refractivity contribution in [2.24, 2.45) is 0 Å². The van der Waals surface area contributed by atoms with E-state index in [0.717, 1.165) is 11.2 Å². The summed E-state index contributed by atoms with van der Waals surface area (Å²) in [4.78, 5) is 6.68. The minimum absolute atomic E-state index is 0.0204. The zero-order valence-corrected chi connectivity index (χ0v) is 15.7. The molecule has 0 amide bonds. The molecule has 2 saturated heterocycles. The molecule has 0 radical (unpaired) electrons. The van der Waals surface area contributed by atoms with Crippen LogP contribution in [-0.2, 0) is 4.74 Å². The Morgan fingerprint density at radius 3 is 2.55 bits per heavy atom. The average Bonchev–Trinajstić information content (AvgIpc) is 3.01. The van der Waals surface area contributed by atoms with Crippen LogP contribution < -0.4 is 9.64 Å². The van der Waals surface area contributed by atoms with E-state index in [1.807, 2.05) is 27.7 Å². The third-order valence-electron chi connectivity index (χ3n) is 5.52. The number of imidazole rings is 1. The molecule has 152 valence electrons. The van der Waals surface area contributed by atoms with Gasteiger partial charge < -0.3 is 34.3 Å². The van der Waals surface area contributed by atoms with Crippen molar-refractivity contribution in [2.75, 3.05) is 38.3 Å². The minimum atomic E-state index is -0.966. The average molecular weight is 401 g/mol. The third kappa shape index (κ3) is 2.69. The fourth-order valence-corrected chi connectivity index (χ4v) is 3.81. The lowest BCUT2D eigenvalue weighted by atomic mass is 10.1. The number of aliphatic hydroxyl groups is 1. The lowest BCUT2D eigenvalue weighted by Gasteiger charge is -2.37. The molecule has 0 saturated carbocycles. The number of phenolic OH excluding ortho intramolecular Hbond substituents is 2. The van der Waals surface area contributed by atoms with Gasteiger partial charge in [0, 0.05) is 18.8 Å². The maximum absolute atomic E-state index is 14.9. The van der Waals surface area contributed by atoms with E-state index in [9.17, 15) is 19.7 Å². The molecule has 1 aromatic heterocycles. The van der Waals surface area contributed by atoms with Gasteiger partial charge in [0.05, 0.1) is 49.1 Å². The van der Waals surface area contributed by atoms with Crippen molar-refractivity contribution < 1.29 is 29.2 Å². The molecule has 3 N–H and O–H groups in total. The Morgan fingerprint density at radius 1 is 1.17 bits per heavy atom. The maximum Gasteiger partial charge on any atom is 0.203 e. The number of β-amino-alcohol motifs (C(OH)–C–C–N with tert-alkyl or cyclic N) is 1. The molecule has 8 nitrogen and oxygen atoms in total. The summed E-state index contributed by atoms with van der Waals surface area (Å²) in [5.41, 5.74) is 2.43. The molecular formula is C20H20FN3O5. The molecule has 2 aliphatic rings. The van der Waals surface area contributed by atoms with Crippen LogP contribution in [0.25, 0.3) is 22.4 Å². The molecule has 3 heterocycles. The van der Waals surface area contributed by atoms with Crippen LogP contribution in [0.15, 0.2) is 24.3 Å². The number of aromatic hydroxyl groups is 2. The van der Waals surface area contributed by atoms with Gasteiger partial charge in [-0.15, -0.1) is 0 Å². The van der Waals surface area contributed by atoms with Gasteiger partial charge in [0.25, 0.3) is 0 Å². The number of benzene rings is 2. The topological polar surface area (TPSA) is 100 Å². The highest BCUT2D eigenvalue weighted by molar-refractivity contribution is 5.85. The molecule has 2 fully saturated rings. The number of hydrogen-bond acceptors (Lipinski definition) is 7. The number of nitrogens with zero attached hydrogens (tertiary/aromatic N) is 3. The van der Waals surface area contributed by atoms with E-state index in [-0.39, 0.29) is 23.5 Å². The minimum Gasteiger partial charge on any atom is -0.502 e. The number of fused-ring (bicyclic) bond motifs is 1. The Hall–Kier alpha value is -3.04. The molecule has 29 heavy (non-hydrogen) atoms. The van der Waals surface area contributed by atoms with Gasteiger partial charge in [-0.3, -0.25) is 0 Å². The van der Waals surface area contributed by atoms with E-state index < -0.39 is 17.3 Å². The summed E-state index contributed by atoms with van der Waals surface area (Å²) in [5.74, 6) is -2.22. The monoisotopic (exact) mass is 401 g/mol. The maximum atomic E-state index is 14.9. The molecule has 0 spiro atoms. The van der Waals surface area contributed by atoms with E-state index in [1.165, 1.54) is 13.2 Å². The van der Waals surface area contributed by atoms with E-state index in [1.54, 1.807) is 0 Å². The normalized spacial score (nSPS) is 17.4. The van der Waals surface area contributed by atoms with Crippen LogP contribution in [-0.4, -0.2) is 64.4 Å². The van der Waals surface area contributed by atoms with Crippen LogP contribution >= 0.6 is 0 Å². The van der Waals surface area contributed by atoms with Crippen LogP contribution in [0.1, 0.15) is 6.04 Å². The molecule has 2 aliphatic heterocycles. The summed E-state index contributed by atoms with van der Waals surface area (Å²) in [5, 5.41) is 29.5. The second kappa shape index (κ2) is 6.50. The Bertz CT molecular complexity index is 1110. The highest BCUT2D eigenvalue weighted by Crippen LogP contribution is 2.44. The number of aliphatic hydroxyl groups excluding tert-OH is 1. The second-order valence-electron chi connectivity index (χ2n) is 7.37. The molecule has 0 bridgehead atoms. The van der Waals surface area contributed by atoms with Crippen LogP contribution in [0.3, 0.4) is 0 Å². The third-order valence-corrected chi connectivity index (χ3v) is 5.52. The van der Waals surface area contributed by atoms with E-state index in [2.05, 4.69) is 4.98 Å². The lowest BCUT2D eigenvalue weighted by molar-refractivity contribution is -0.0209. The van der Waals surface area contributed by atoms with Gasteiger partial charge in [-0.1, -0.05) is 0 Å². The first-order valence-electron chi connectivity index (χ1n) is 9.29. The summed E-state index contributed by atoms with van der Waals surface area (Å²) in [6, 6.07) is 7.07. The first-order valence-corrected chi connectivity index (χ1v) is 9.29. The van der Waals surface area contributed by atoms with Gasteiger partial charge in [0.15, 0.2) is 17.3 Å². The summed E-state index contributed by atoms with van der Waals surface area (Å²) in [7, 11) is 1.33. The Labute approximate surface area is 165 Å². The quantitative estimate of drug-likeness (QED) is 0.575. The van der Waals surface area contributed by atoms with E-state index >= 15 is 0 Å². The lowest BCUT2D eigenvalue weighted by Crippen LogP contribution is -2.50. The van der Waals surface area contributed by atoms with Crippen molar-refractivity contribution >= 4 is 16.7 Å². The Kier molecular flexibility index (Phi) is 4.04. The molecule has 2 aromatic carbocycles. The standard InChI is InChI=1S/C20H20FN3O5/c1-28-16-5-13(17(21)19(27)18(16)26)20-22-14-4-10(23-6-12(25)7-23)2-3-15(14)24(20)11-8-29-9-11/h2-5,11-12,25-27H,6-9H2,1H3. The predicted molar refractivity (Wildman–Crippen MR) is 103 cm³/mol. The van der Waals surface area contributed by atoms with Crippen molar-refractivity contribution in [2.45, 2.75) is 12.1 Å². The van der Waals surface area contributed by atoms with Gasteiger partial charge in [-0.05, 0) is 24.3 Å². The number of ether oxygens (including phenoxy) is 2. The van der Waals surface area contributed by atoms with Crippen LogP contribution in [0.4, 0.5) is 10.1 Å². The summed E-state index contributed by atoms with van der Waals surface area (Å²) < 4.78 is 27.2. The van der Waals surface area contributed by atoms with Gasteiger partial charge in [0.2, 0.25) is 5.75 Å². The summed E-state index contributed by atoms with van der Waals surface area (Å²) in [6.07, 6.45) is -0.326. The summed E-state index contributed by atoms with van der Waals surface area (Å²) in [6.45, 7) is 2.07. The number of anilines is 1. The molecule has 0 aliphatic carbocycles. The van der Waals surface area contributed by atoms with Gasteiger partial charge in [-0.25, -0.2) is 9.37 Å². The fraction of sp³-hybridized carbons (Fsp3) is 0.350. The Morgan fingerprint density at radius 2 is 1.93 bits per heavy atom. The van der Waals surface area contributed by atoms with E-state index in [4.69, 9.17) is 9.47 Å². The number of aromatic nitrogens is 2. The largest absolute Gasteiger partial charge is 0.502 e. The number of hydrogen-bond donors (Lipinski definition) is 3. The van der Waals surface area contributed by atoms with Crippen molar-refractivity contribution in [1.29, 1.82) is 0 Å². The highest BCUT2D eigenvalue weighted by Gasteiger charge is 2.30. The summed E-state index contributed by atoms with van der Waals surface area (Å²) >= 11 is 0. The molecular weight excluding hydrogens is 381 g/mol. The molecule has 0 atom stereocenters. The molecule has 9 heteroatoms. The van der Waals surface area contributed by atoms with Crippen molar-refractivity contribution in [3.8, 4) is 28.6 Å². The highest BCUT2D eigenvalue weighted by atomic mass is 19.1. The number of rotatable bonds is 4. The first-order chi connectivity index (χ1) is 14.0. The van der Waals surface area contributed by atoms with Crippen LogP contribution in [0.5, 0.6) is 17.2 Å². The fourth-order valence-electron chi connectivity index (χ4n) is 3.81. The van der Waals surface area contributed by atoms with Crippen molar-refractivity contribution in [1.82, 2.24) is 9.55 Å². The SMILES string of the molecule is COc1cc(-c2nc3cc(N4CC(O)C4)ccc3n2C2COC2)c(F)c(O)c1O.